The Bertz CT molecular complexity index is 435. The minimum atomic E-state index is 0. The molecule has 0 aromatic rings. The normalized spacial score (nSPS) is 30.5. The van der Waals surface area contributed by atoms with Gasteiger partial charge in [0.15, 0.2) is 5.96 Å². The second-order valence-corrected chi connectivity index (χ2v) is 7.16. The molecular formula is C18H35IN4O3. The van der Waals surface area contributed by atoms with Crippen molar-refractivity contribution in [3.05, 3.63) is 0 Å². The molecule has 0 radical (unpaired) electrons. The largest absolute Gasteiger partial charge is 0.383 e. The minimum Gasteiger partial charge on any atom is -0.383 e. The lowest BCUT2D eigenvalue weighted by Crippen LogP contribution is -2.54. The van der Waals surface area contributed by atoms with Crippen LogP contribution in [0.4, 0.5) is 0 Å². The van der Waals surface area contributed by atoms with Gasteiger partial charge in [0.05, 0.1) is 19.3 Å². The van der Waals surface area contributed by atoms with Gasteiger partial charge in [0.2, 0.25) is 0 Å². The molecule has 0 aliphatic carbocycles. The smallest absolute Gasteiger partial charge is 0.193 e. The van der Waals surface area contributed by atoms with Gasteiger partial charge >= 0.3 is 0 Å². The van der Waals surface area contributed by atoms with Crippen LogP contribution in [0, 0.1) is 0 Å². The Balaban J connectivity index is 0.00000243. The molecule has 0 bridgehead atoms. The maximum absolute atomic E-state index is 5.95. The van der Waals surface area contributed by atoms with Gasteiger partial charge in [-0.05, 0) is 32.2 Å². The van der Waals surface area contributed by atoms with Crippen LogP contribution in [0.2, 0.25) is 0 Å². The predicted octanol–water partition coefficient (Wildman–Crippen LogP) is 1.17. The number of hydrogen-bond acceptors (Lipinski definition) is 5. The summed E-state index contributed by atoms with van der Waals surface area (Å²) < 4.78 is 17.0. The first-order valence-electron chi connectivity index (χ1n) is 9.73. The quantitative estimate of drug-likeness (QED) is 0.349. The highest BCUT2D eigenvalue weighted by atomic mass is 127. The Morgan fingerprint density at radius 2 is 2.00 bits per heavy atom. The van der Waals surface area contributed by atoms with E-state index in [9.17, 15) is 0 Å². The highest BCUT2D eigenvalue weighted by molar-refractivity contribution is 14.0. The number of halogens is 1. The minimum absolute atomic E-state index is 0. The Hall–Kier alpha value is -0.160. The third-order valence-electron chi connectivity index (χ3n) is 5.56. The van der Waals surface area contributed by atoms with Gasteiger partial charge in [0.25, 0.3) is 0 Å². The highest BCUT2D eigenvalue weighted by Gasteiger charge is 2.32. The van der Waals surface area contributed by atoms with Crippen molar-refractivity contribution in [2.24, 2.45) is 4.99 Å². The first kappa shape index (κ1) is 22.1. The van der Waals surface area contributed by atoms with E-state index >= 15 is 0 Å². The van der Waals surface area contributed by atoms with E-state index in [1.54, 1.807) is 7.11 Å². The van der Waals surface area contributed by atoms with Crippen LogP contribution in [-0.2, 0) is 14.2 Å². The van der Waals surface area contributed by atoms with E-state index in [1.165, 1.54) is 19.4 Å². The van der Waals surface area contributed by atoms with Gasteiger partial charge in [-0.15, -0.1) is 24.0 Å². The maximum atomic E-state index is 5.95. The topological polar surface area (TPSA) is 58.6 Å². The molecule has 3 aliphatic heterocycles. The number of likely N-dealkylation sites (tertiary alicyclic amines) is 1. The SMILES string of the molecule is CN=C(NCC1CCCN1CCOC)N1CCOC(C2CCCO2)C1.I. The number of methoxy groups -OCH3 is 1. The summed E-state index contributed by atoms with van der Waals surface area (Å²) in [5.41, 5.74) is 0. The molecular weight excluding hydrogens is 447 g/mol. The average molecular weight is 482 g/mol. The average Bonchev–Trinajstić information content (AvgIpc) is 3.33. The van der Waals surface area contributed by atoms with E-state index in [-0.39, 0.29) is 36.2 Å². The van der Waals surface area contributed by atoms with Crippen LogP contribution < -0.4 is 5.32 Å². The van der Waals surface area contributed by atoms with Crippen molar-refractivity contribution in [1.82, 2.24) is 15.1 Å². The summed E-state index contributed by atoms with van der Waals surface area (Å²) in [4.78, 5) is 9.36. The summed E-state index contributed by atoms with van der Waals surface area (Å²) in [5.74, 6) is 0.991. The van der Waals surface area contributed by atoms with Gasteiger partial charge in [-0.1, -0.05) is 0 Å². The number of hydrogen-bond donors (Lipinski definition) is 1. The van der Waals surface area contributed by atoms with Gasteiger partial charge in [-0.3, -0.25) is 9.89 Å². The zero-order chi connectivity index (χ0) is 17.5. The molecule has 3 heterocycles. The molecule has 3 atom stereocenters. The van der Waals surface area contributed by atoms with E-state index in [0.717, 1.165) is 64.8 Å². The van der Waals surface area contributed by atoms with Crippen LogP contribution in [0.25, 0.3) is 0 Å². The number of morpholine rings is 1. The second kappa shape index (κ2) is 11.6. The van der Waals surface area contributed by atoms with Gasteiger partial charge in [0.1, 0.15) is 6.10 Å². The lowest BCUT2D eigenvalue weighted by molar-refractivity contribution is -0.0817. The van der Waals surface area contributed by atoms with Crippen molar-refractivity contribution in [3.63, 3.8) is 0 Å². The summed E-state index contributed by atoms with van der Waals surface area (Å²) in [6.45, 7) is 7.30. The molecule has 1 N–H and O–H groups in total. The Labute approximate surface area is 174 Å². The fourth-order valence-corrected chi connectivity index (χ4v) is 4.16. The predicted molar refractivity (Wildman–Crippen MR) is 114 cm³/mol. The lowest BCUT2D eigenvalue weighted by Gasteiger charge is -2.37. The summed E-state index contributed by atoms with van der Waals surface area (Å²) in [6, 6.07) is 0.571. The van der Waals surface area contributed by atoms with E-state index in [2.05, 4.69) is 20.1 Å². The molecule has 7 nitrogen and oxygen atoms in total. The van der Waals surface area contributed by atoms with E-state index < -0.39 is 0 Å². The van der Waals surface area contributed by atoms with E-state index in [0.29, 0.717) is 6.04 Å². The molecule has 152 valence electrons. The van der Waals surface area contributed by atoms with E-state index in [4.69, 9.17) is 14.2 Å². The standard InChI is InChI=1S/C18H34N4O3.HI/c1-19-18(20-13-15-5-3-7-21(15)8-11-23-2)22-9-12-25-17(14-22)16-6-4-10-24-16;/h15-17H,3-14H2,1-2H3,(H,19,20);1H. The van der Waals surface area contributed by atoms with Crippen molar-refractivity contribution in [3.8, 4) is 0 Å². The van der Waals surface area contributed by atoms with Crippen LogP contribution in [0.15, 0.2) is 4.99 Å². The number of nitrogens with one attached hydrogen (secondary N) is 1. The van der Waals surface area contributed by atoms with Gasteiger partial charge in [-0.2, -0.15) is 0 Å². The molecule has 0 saturated carbocycles. The molecule has 8 heteroatoms. The summed E-state index contributed by atoms with van der Waals surface area (Å²) in [5, 5.41) is 3.60. The molecule has 0 aromatic heterocycles. The molecule has 0 aromatic carbocycles. The molecule has 3 saturated heterocycles. The fraction of sp³-hybridized carbons (Fsp3) is 0.944. The van der Waals surface area contributed by atoms with Crippen molar-refractivity contribution in [2.45, 2.75) is 43.9 Å². The Kier molecular flexibility index (Phi) is 9.90. The fourth-order valence-electron chi connectivity index (χ4n) is 4.16. The van der Waals surface area contributed by atoms with Crippen LogP contribution in [0.3, 0.4) is 0 Å². The van der Waals surface area contributed by atoms with Crippen molar-refractivity contribution in [1.29, 1.82) is 0 Å². The first-order chi connectivity index (χ1) is 12.3. The zero-order valence-electron chi connectivity index (χ0n) is 16.2. The Morgan fingerprint density at radius 1 is 1.15 bits per heavy atom. The van der Waals surface area contributed by atoms with Crippen LogP contribution in [-0.4, -0.2) is 101 Å². The highest BCUT2D eigenvalue weighted by Crippen LogP contribution is 2.21. The number of rotatable bonds is 6. The first-order valence-corrected chi connectivity index (χ1v) is 9.73. The molecule has 3 rings (SSSR count). The molecule has 26 heavy (non-hydrogen) atoms. The van der Waals surface area contributed by atoms with Crippen molar-refractivity contribution in [2.75, 3.05) is 66.7 Å². The molecule has 0 amide bonds. The van der Waals surface area contributed by atoms with Gasteiger partial charge in [-0.25, -0.2) is 0 Å². The summed E-state index contributed by atoms with van der Waals surface area (Å²) in [6.07, 6.45) is 5.19. The maximum Gasteiger partial charge on any atom is 0.193 e. The Morgan fingerprint density at radius 3 is 2.73 bits per heavy atom. The second-order valence-electron chi connectivity index (χ2n) is 7.16. The number of aliphatic imine (C=N–C) groups is 1. The molecule has 3 aliphatic rings. The van der Waals surface area contributed by atoms with Crippen LogP contribution in [0.5, 0.6) is 0 Å². The lowest BCUT2D eigenvalue weighted by atomic mass is 10.1. The summed E-state index contributed by atoms with van der Waals surface area (Å²) in [7, 11) is 3.64. The summed E-state index contributed by atoms with van der Waals surface area (Å²) >= 11 is 0. The number of guanidine groups is 1. The zero-order valence-corrected chi connectivity index (χ0v) is 18.5. The van der Waals surface area contributed by atoms with Crippen molar-refractivity contribution >= 4 is 29.9 Å². The third kappa shape index (κ3) is 5.92. The van der Waals surface area contributed by atoms with Crippen LogP contribution in [0.1, 0.15) is 25.7 Å². The van der Waals surface area contributed by atoms with Gasteiger partial charge < -0.3 is 24.4 Å². The van der Waals surface area contributed by atoms with E-state index in [1.807, 2.05) is 7.05 Å². The number of ether oxygens (including phenoxy) is 3. The molecule has 3 unspecified atom stereocenters. The third-order valence-corrected chi connectivity index (χ3v) is 5.56. The van der Waals surface area contributed by atoms with Crippen molar-refractivity contribution < 1.29 is 14.2 Å². The monoisotopic (exact) mass is 482 g/mol. The van der Waals surface area contributed by atoms with Gasteiger partial charge in [0, 0.05) is 53.0 Å². The molecule has 3 fully saturated rings. The molecule has 0 spiro atoms. The van der Waals surface area contributed by atoms with Crippen LogP contribution >= 0.6 is 24.0 Å². The number of nitrogens with zero attached hydrogens (tertiary/aromatic N) is 3.